The molecule has 0 fully saturated rings. The van der Waals surface area contributed by atoms with Gasteiger partial charge < -0.3 is 15.5 Å². The number of aromatic hydroxyl groups is 1. The molecule has 0 aliphatic carbocycles. The van der Waals surface area contributed by atoms with Crippen LogP contribution in [-0.2, 0) is 6.61 Å². The minimum Gasteiger partial charge on any atom is -0.505 e. The van der Waals surface area contributed by atoms with Gasteiger partial charge in [0.2, 0.25) is 0 Å². The van der Waals surface area contributed by atoms with E-state index in [4.69, 9.17) is 6.57 Å². The van der Waals surface area contributed by atoms with Crippen LogP contribution in [-0.4, -0.2) is 35.9 Å². The number of phenolic OH excluding ortho intramolecular Hbond substituents is 1. The molecule has 2 heterocycles. The third-order valence-electron chi connectivity index (χ3n) is 5.74. The Hall–Kier alpha value is -5.47. The van der Waals surface area contributed by atoms with Crippen LogP contribution < -0.4 is 5.32 Å². The highest BCUT2D eigenvalue weighted by molar-refractivity contribution is 6.11. The van der Waals surface area contributed by atoms with Gasteiger partial charge in [0, 0.05) is 23.5 Å². The Morgan fingerprint density at radius 3 is 2.53 bits per heavy atom. The standard InChI is InChI=1S/C27H20N8O3/c1-16-22(28-2)25(35(34-16)27-29-12-5-13-30-27)33-32-23-20-7-4-3-6-18(20)14-21(24(23)37)26(38)31-19-10-8-17(15-36)9-11-19/h3-14,36-37H,15H2,1H3,(H,31,38). The van der Waals surface area contributed by atoms with E-state index in [0.29, 0.717) is 27.7 Å². The van der Waals surface area contributed by atoms with E-state index in [1.54, 1.807) is 67.6 Å². The Morgan fingerprint density at radius 2 is 1.82 bits per heavy atom. The maximum absolute atomic E-state index is 13.1. The monoisotopic (exact) mass is 504 g/mol. The normalized spacial score (nSPS) is 11.1. The number of benzene rings is 3. The van der Waals surface area contributed by atoms with Crippen molar-refractivity contribution in [2.75, 3.05) is 5.32 Å². The maximum atomic E-state index is 13.1. The van der Waals surface area contributed by atoms with E-state index >= 15 is 0 Å². The highest BCUT2D eigenvalue weighted by Crippen LogP contribution is 2.41. The molecule has 0 saturated carbocycles. The predicted octanol–water partition coefficient (Wildman–Crippen LogP) is 5.54. The summed E-state index contributed by atoms with van der Waals surface area (Å²) in [6.45, 7) is 9.14. The minimum atomic E-state index is -0.554. The van der Waals surface area contributed by atoms with Crippen LogP contribution in [0.4, 0.5) is 22.9 Å². The first-order valence-electron chi connectivity index (χ1n) is 11.4. The molecule has 186 valence electrons. The summed E-state index contributed by atoms with van der Waals surface area (Å²) in [6, 6.07) is 17.0. The molecule has 0 saturated heterocycles. The topological polar surface area (TPSA) is 142 Å². The first kappa shape index (κ1) is 24.2. The van der Waals surface area contributed by atoms with Gasteiger partial charge in [-0.05, 0) is 42.1 Å². The van der Waals surface area contributed by atoms with Gasteiger partial charge in [0.1, 0.15) is 5.69 Å². The van der Waals surface area contributed by atoms with Gasteiger partial charge in [-0.2, -0.15) is 9.78 Å². The highest BCUT2D eigenvalue weighted by atomic mass is 16.3. The van der Waals surface area contributed by atoms with E-state index in [1.807, 2.05) is 0 Å². The molecule has 0 atom stereocenters. The van der Waals surface area contributed by atoms with Crippen LogP contribution in [0.3, 0.4) is 0 Å². The number of nitrogens with zero attached hydrogens (tertiary/aromatic N) is 7. The smallest absolute Gasteiger partial charge is 0.259 e. The number of aromatic nitrogens is 4. The summed E-state index contributed by atoms with van der Waals surface area (Å²) in [4.78, 5) is 25.0. The zero-order valence-electron chi connectivity index (χ0n) is 20.1. The molecule has 38 heavy (non-hydrogen) atoms. The summed E-state index contributed by atoms with van der Waals surface area (Å²) in [7, 11) is 0. The molecule has 0 aliphatic rings. The molecule has 0 radical (unpaired) electrons. The average Bonchev–Trinajstić information content (AvgIpc) is 3.27. The van der Waals surface area contributed by atoms with Crippen LogP contribution in [0.1, 0.15) is 21.6 Å². The fourth-order valence-electron chi connectivity index (χ4n) is 3.85. The number of anilines is 1. The van der Waals surface area contributed by atoms with Crippen LogP contribution in [0.5, 0.6) is 5.75 Å². The van der Waals surface area contributed by atoms with E-state index in [-0.39, 0.29) is 41.1 Å². The molecule has 3 N–H and O–H groups in total. The lowest BCUT2D eigenvalue weighted by Gasteiger charge is -2.11. The first-order chi connectivity index (χ1) is 18.5. The Labute approximate surface area is 216 Å². The fourth-order valence-corrected chi connectivity index (χ4v) is 3.85. The van der Waals surface area contributed by atoms with Crippen LogP contribution >= 0.6 is 0 Å². The van der Waals surface area contributed by atoms with Crippen LogP contribution in [0, 0.1) is 13.5 Å². The van der Waals surface area contributed by atoms with Crippen molar-refractivity contribution >= 4 is 39.6 Å². The second kappa shape index (κ2) is 10.3. The Balaban J connectivity index is 1.60. The molecule has 11 heteroatoms. The molecule has 2 aromatic heterocycles. The lowest BCUT2D eigenvalue weighted by atomic mass is 10.0. The lowest BCUT2D eigenvalue weighted by Crippen LogP contribution is -2.12. The number of azo groups is 1. The van der Waals surface area contributed by atoms with Crippen LogP contribution in [0.2, 0.25) is 0 Å². The molecular formula is C27H20N8O3. The maximum Gasteiger partial charge on any atom is 0.259 e. The van der Waals surface area contributed by atoms with E-state index in [0.717, 1.165) is 0 Å². The van der Waals surface area contributed by atoms with E-state index in [2.05, 4.69) is 35.5 Å². The number of hydrogen-bond acceptors (Lipinski definition) is 8. The van der Waals surface area contributed by atoms with Gasteiger partial charge in [0.25, 0.3) is 17.5 Å². The molecule has 3 aromatic carbocycles. The molecule has 11 nitrogen and oxygen atoms in total. The predicted molar refractivity (Wildman–Crippen MR) is 140 cm³/mol. The van der Waals surface area contributed by atoms with Crippen molar-refractivity contribution in [3.8, 4) is 11.7 Å². The number of carbonyl (C=O) groups excluding carboxylic acids is 1. The first-order valence-corrected chi connectivity index (χ1v) is 11.4. The molecule has 0 bridgehead atoms. The molecule has 0 unspecified atom stereocenters. The number of aliphatic hydroxyl groups is 1. The van der Waals surface area contributed by atoms with Gasteiger partial charge in [-0.1, -0.05) is 36.4 Å². The van der Waals surface area contributed by atoms with Gasteiger partial charge in [0.15, 0.2) is 11.6 Å². The number of aliphatic hydroxyl groups excluding tert-OH is 1. The molecule has 0 spiro atoms. The van der Waals surface area contributed by atoms with Crippen molar-refractivity contribution < 1.29 is 15.0 Å². The Morgan fingerprint density at radius 1 is 1.08 bits per heavy atom. The molecular weight excluding hydrogens is 484 g/mol. The van der Waals surface area contributed by atoms with Crippen molar-refractivity contribution in [1.29, 1.82) is 0 Å². The lowest BCUT2D eigenvalue weighted by molar-refractivity contribution is 0.102. The van der Waals surface area contributed by atoms with Crippen LogP contribution in [0.15, 0.2) is 83.3 Å². The van der Waals surface area contributed by atoms with Crippen molar-refractivity contribution in [2.24, 2.45) is 10.2 Å². The quantitative estimate of drug-likeness (QED) is 0.205. The number of carbonyl (C=O) groups is 1. The summed E-state index contributed by atoms with van der Waals surface area (Å²) in [6.07, 6.45) is 3.08. The van der Waals surface area contributed by atoms with Gasteiger partial charge in [0.05, 0.1) is 24.4 Å². The molecule has 1 amide bonds. The third kappa shape index (κ3) is 4.55. The summed E-state index contributed by atoms with van der Waals surface area (Å²) in [5, 5.41) is 37.3. The van der Waals surface area contributed by atoms with Crippen molar-refractivity contribution in [2.45, 2.75) is 13.5 Å². The van der Waals surface area contributed by atoms with Gasteiger partial charge >= 0.3 is 0 Å². The number of amides is 1. The van der Waals surface area contributed by atoms with Crippen molar-refractivity contribution in [3.05, 3.63) is 101 Å². The average molecular weight is 505 g/mol. The Bertz CT molecular complexity index is 1720. The Kier molecular flexibility index (Phi) is 6.54. The van der Waals surface area contributed by atoms with E-state index < -0.39 is 5.91 Å². The second-order valence-electron chi connectivity index (χ2n) is 8.18. The molecule has 0 aliphatic heterocycles. The number of hydrogen-bond donors (Lipinski definition) is 3. The summed E-state index contributed by atoms with van der Waals surface area (Å²) in [5.74, 6) is -0.637. The molecule has 5 aromatic rings. The summed E-state index contributed by atoms with van der Waals surface area (Å²) in [5.41, 5.74) is 1.81. The fraction of sp³-hybridized carbons (Fsp3) is 0.0741. The van der Waals surface area contributed by atoms with Gasteiger partial charge in [-0.25, -0.2) is 14.8 Å². The zero-order valence-corrected chi connectivity index (χ0v) is 20.1. The van der Waals surface area contributed by atoms with Crippen LogP contribution in [0.25, 0.3) is 21.6 Å². The molecule has 5 rings (SSSR count). The second-order valence-corrected chi connectivity index (χ2v) is 8.18. The SMILES string of the molecule is [C-]#[N+]c1c(C)nn(-c2ncccn2)c1N=Nc1c(O)c(C(=O)Nc2ccc(CO)cc2)cc2ccccc12. The largest absolute Gasteiger partial charge is 0.505 e. The highest BCUT2D eigenvalue weighted by Gasteiger charge is 2.21. The van der Waals surface area contributed by atoms with E-state index in [9.17, 15) is 15.0 Å². The number of nitrogens with one attached hydrogen (secondary N) is 1. The number of rotatable bonds is 6. The number of aryl methyl sites for hydroxylation is 1. The van der Waals surface area contributed by atoms with Crippen molar-refractivity contribution in [1.82, 2.24) is 19.7 Å². The number of fused-ring (bicyclic) bond motifs is 1. The summed E-state index contributed by atoms with van der Waals surface area (Å²) < 4.78 is 1.30. The number of phenols is 1. The van der Waals surface area contributed by atoms with Gasteiger partial charge in [-0.15, -0.1) is 10.2 Å². The van der Waals surface area contributed by atoms with Gasteiger partial charge in [-0.3, -0.25) is 4.79 Å². The summed E-state index contributed by atoms with van der Waals surface area (Å²) >= 11 is 0. The van der Waals surface area contributed by atoms with Crippen molar-refractivity contribution in [3.63, 3.8) is 0 Å². The minimum absolute atomic E-state index is 0.00892. The van der Waals surface area contributed by atoms with E-state index in [1.165, 1.54) is 17.1 Å². The zero-order chi connectivity index (χ0) is 26.6. The third-order valence-corrected chi connectivity index (χ3v) is 5.74.